The van der Waals surface area contributed by atoms with E-state index in [4.69, 9.17) is 44.2 Å². The van der Waals surface area contributed by atoms with E-state index < -0.39 is 0 Å². The number of thioether (sulfide) groups is 1. The molecule has 1 amide bonds. The van der Waals surface area contributed by atoms with Crippen molar-refractivity contribution in [2.75, 3.05) is 0 Å². The zero-order valence-corrected chi connectivity index (χ0v) is 21.1. The average molecular weight is 533 g/mol. The van der Waals surface area contributed by atoms with Gasteiger partial charge in [-0.3, -0.25) is 14.7 Å². The van der Waals surface area contributed by atoms with Gasteiger partial charge in [-0.2, -0.15) is 0 Å². The molecule has 3 aromatic rings. The maximum atomic E-state index is 13.5. The highest BCUT2D eigenvalue weighted by atomic mass is 35.5. The second-order valence-electron chi connectivity index (χ2n) is 8.13. The monoisotopic (exact) mass is 531 g/mol. The van der Waals surface area contributed by atoms with E-state index in [1.54, 1.807) is 36.7 Å². The van der Waals surface area contributed by atoms with Crippen molar-refractivity contribution in [1.82, 2.24) is 9.88 Å². The van der Waals surface area contributed by atoms with Crippen LogP contribution in [0.1, 0.15) is 37.9 Å². The number of carbonyl (C=O) groups excluding carboxylic acids is 1. The highest BCUT2D eigenvalue weighted by molar-refractivity contribution is 8.18. The van der Waals surface area contributed by atoms with Crippen LogP contribution in [0.5, 0.6) is 0 Å². The quantitative estimate of drug-likeness (QED) is 0.317. The summed E-state index contributed by atoms with van der Waals surface area (Å²) >= 11 is 19.8. The van der Waals surface area contributed by atoms with Crippen LogP contribution in [-0.2, 0) is 4.79 Å². The minimum atomic E-state index is -0.0617. The van der Waals surface area contributed by atoms with Crippen molar-refractivity contribution >= 4 is 69.4 Å². The Hall–Kier alpha value is -2.25. The molecule has 0 radical (unpaired) electrons. The molecule has 3 heterocycles. The molecule has 0 unspecified atom stereocenters. The van der Waals surface area contributed by atoms with E-state index in [0.29, 0.717) is 42.3 Å². The van der Waals surface area contributed by atoms with Crippen molar-refractivity contribution in [2.24, 2.45) is 4.99 Å². The smallest absolute Gasteiger partial charge is 0.267 e. The number of aromatic nitrogens is 1. The van der Waals surface area contributed by atoms with Crippen molar-refractivity contribution in [2.45, 2.75) is 38.1 Å². The molecular weight excluding hydrogens is 513 g/mol. The summed E-state index contributed by atoms with van der Waals surface area (Å²) in [6, 6.07) is 10.9. The number of hydrogen-bond donors (Lipinski definition) is 0. The zero-order valence-electron chi connectivity index (χ0n) is 18.0. The molecule has 0 N–H and O–H groups in total. The van der Waals surface area contributed by atoms with E-state index in [1.807, 2.05) is 23.1 Å². The van der Waals surface area contributed by atoms with E-state index in [9.17, 15) is 4.79 Å². The van der Waals surface area contributed by atoms with Crippen LogP contribution in [0, 0.1) is 0 Å². The fraction of sp³-hybridized carbons (Fsp3) is 0.240. The average Bonchev–Trinajstić information content (AvgIpc) is 3.42. The number of nitrogens with zero attached hydrogens (tertiary/aromatic N) is 3. The predicted octanol–water partition coefficient (Wildman–Crippen LogP) is 8.24. The Morgan fingerprint density at radius 2 is 1.85 bits per heavy atom. The van der Waals surface area contributed by atoms with Crippen LogP contribution in [0.15, 0.2) is 63.1 Å². The second-order valence-corrected chi connectivity index (χ2v) is 10.4. The molecule has 5 rings (SSSR count). The van der Waals surface area contributed by atoms with Gasteiger partial charge in [-0.05, 0) is 61.0 Å². The summed E-state index contributed by atoms with van der Waals surface area (Å²) in [7, 11) is 0. The Bertz CT molecular complexity index is 1300. The molecular formula is C25H20Cl3N3O2S. The lowest BCUT2D eigenvalue weighted by Gasteiger charge is -2.30. The molecule has 2 aliphatic rings. The Balaban J connectivity index is 1.47. The molecule has 0 bridgehead atoms. The fourth-order valence-electron chi connectivity index (χ4n) is 4.15. The lowest BCUT2D eigenvalue weighted by Crippen LogP contribution is -2.40. The van der Waals surface area contributed by atoms with Gasteiger partial charge in [-0.1, -0.05) is 54.1 Å². The summed E-state index contributed by atoms with van der Waals surface area (Å²) in [5.74, 6) is 1.15. The maximum Gasteiger partial charge on any atom is 0.267 e. The normalized spacial score (nSPS) is 19.5. The summed E-state index contributed by atoms with van der Waals surface area (Å²) in [6.45, 7) is 0. The zero-order chi connectivity index (χ0) is 23.7. The first-order valence-corrected chi connectivity index (χ1v) is 12.9. The van der Waals surface area contributed by atoms with E-state index in [-0.39, 0.29) is 11.9 Å². The maximum absolute atomic E-state index is 13.5. The first-order valence-electron chi connectivity index (χ1n) is 11.0. The van der Waals surface area contributed by atoms with Gasteiger partial charge in [0.1, 0.15) is 11.5 Å². The Morgan fingerprint density at radius 1 is 1.03 bits per heavy atom. The number of hydrogen-bond acceptors (Lipinski definition) is 5. The molecule has 1 aliphatic heterocycles. The highest BCUT2D eigenvalue weighted by Gasteiger charge is 2.39. The molecule has 1 saturated heterocycles. The summed E-state index contributed by atoms with van der Waals surface area (Å²) in [5, 5.41) is 2.01. The van der Waals surface area contributed by atoms with E-state index in [0.717, 1.165) is 31.2 Å². The number of amides is 1. The third-order valence-corrected chi connectivity index (χ3v) is 7.86. The molecule has 34 heavy (non-hydrogen) atoms. The Labute approximate surface area is 216 Å². The minimum Gasteiger partial charge on any atom is -0.457 e. The SMILES string of the molecule is O=C1/C(=C\c2ccc(-c3ccc(Cl)c(Cl)c3)o2)SC(=Nc2ccncc2Cl)N1C1CCCCC1. The highest BCUT2D eigenvalue weighted by Crippen LogP contribution is 2.40. The van der Waals surface area contributed by atoms with Crippen molar-refractivity contribution in [3.63, 3.8) is 0 Å². The van der Waals surface area contributed by atoms with Gasteiger partial charge in [0.05, 0.1) is 25.7 Å². The molecule has 2 fully saturated rings. The molecule has 5 nitrogen and oxygen atoms in total. The summed E-state index contributed by atoms with van der Waals surface area (Å²) < 4.78 is 6.00. The van der Waals surface area contributed by atoms with Gasteiger partial charge < -0.3 is 4.42 Å². The summed E-state index contributed by atoms with van der Waals surface area (Å²) in [5.41, 5.74) is 1.40. The number of amidine groups is 1. The molecule has 2 aromatic heterocycles. The number of carbonyl (C=O) groups is 1. The Morgan fingerprint density at radius 3 is 2.62 bits per heavy atom. The van der Waals surface area contributed by atoms with Gasteiger partial charge in [-0.15, -0.1) is 0 Å². The molecule has 174 valence electrons. The van der Waals surface area contributed by atoms with E-state index in [2.05, 4.69) is 4.98 Å². The molecule has 0 atom stereocenters. The molecule has 1 saturated carbocycles. The van der Waals surface area contributed by atoms with Crippen LogP contribution in [0.4, 0.5) is 5.69 Å². The predicted molar refractivity (Wildman–Crippen MR) is 140 cm³/mol. The van der Waals surface area contributed by atoms with Gasteiger partial charge in [0.2, 0.25) is 0 Å². The topological polar surface area (TPSA) is 58.7 Å². The van der Waals surface area contributed by atoms with Gasteiger partial charge in [0.15, 0.2) is 5.17 Å². The van der Waals surface area contributed by atoms with Crippen molar-refractivity contribution < 1.29 is 9.21 Å². The fourth-order valence-corrected chi connectivity index (χ4v) is 5.64. The van der Waals surface area contributed by atoms with E-state index in [1.165, 1.54) is 18.2 Å². The third-order valence-electron chi connectivity index (χ3n) is 5.85. The van der Waals surface area contributed by atoms with Crippen molar-refractivity contribution in [3.05, 3.63) is 74.5 Å². The largest absolute Gasteiger partial charge is 0.457 e. The number of halogens is 3. The lowest BCUT2D eigenvalue weighted by atomic mass is 9.94. The number of pyridine rings is 1. The first-order chi connectivity index (χ1) is 16.5. The second kappa shape index (κ2) is 10.2. The first kappa shape index (κ1) is 23.5. The number of benzene rings is 1. The van der Waals surface area contributed by atoms with Crippen LogP contribution < -0.4 is 0 Å². The number of furan rings is 1. The van der Waals surface area contributed by atoms with Crippen LogP contribution >= 0.6 is 46.6 Å². The molecule has 9 heteroatoms. The van der Waals surface area contributed by atoms with Crippen molar-refractivity contribution in [1.29, 1.82) is 0 Å². The van der Waals surface area contributed by atoms with Gasteiger partial charge in [0.25, 0.3) is 5.91 Å². The van der Waals surface area contributed by atoms with E-state index >= 15 is 0 Å². The number of rotatable bonds is 4. The van der Waals surface area contributed by atoms with Crippen molar-refractivity contribution in [3.8, 4) is 11.3 Å². The van der Waals surface area contributed by atoms with Crippen LogP contribution in [0.3, 0.4) is 0 Å². The van der Waals surface area contributed by atoms with Gasteiger partial charge in [-0.25, -0.2) is 4.99 Å². The standard InChI is InChI=1S/C25H20Cl3N3O2S/c26-18-8-6-15(12-19(18)27)22-9-7-17(33-22)13-23-24(32)31(16-4-2-1-3-5-16)25(34-23)30-21-10-11-29-14-20(21)28/h6-14,16H,1-5H2/b23-13+,30-25?. The van der Waals surface area contributed by atoms with Crippen LogP contribution in [0.2, 0.25) is 15.1 Å². The minimum absolute atomic E-state index is 0.0617. The molecule has 0 spiro atoms. The third kappa shape index (κ3) is 4.91. The molecule has 1 aromatic carbocycles. The summed E-state index contributed by atoms with van der Waals surface area (Å²) in [4.78, 5) is 24.6. The molecule has 1 aliphatic carbocycles. The van der Waals surface area contributed by atoms with Crippen LogP contribution in [0.25, 0.3) is 17.4 Å². The van der Waals surface area contributed by atoms with Crippen LogP contribution in [-0.4, -0.2) is 27.0 Å². The lowest BCUT2D eigenvalue weighted by molar-refractivity contribution is -0.124. The summed E-state index contributed by atoms with van der Waals surface area (Å²) in [6.07, 6.45) is 10.3. The number of aliphatic imine (C=N–C) groups is 1. The van der Waals surface area contributed by atoms with Gasteiger partial charge in [0, 0.05) is 30.1 Å². The van der Waals surface area contributed by atoms with Gasteiger partial charge >= 0.3 is 0 Å². The Kier molecular flexibility index (Phi) is 7.02.